The summed E-state index contributed by atoms with van der Waals surface area (Å²) in [6, 6.07) is 19.3. The maximum absolute atomic E-state index is 12.3. The standard InChI is InChI=1S/C25H23N3O4/c1-16-10-12-20(13-11-16)25(31)32-21-9-5-8-19(14-21)15-26-28-24(30)23(29)27-22-17(2)6-4-7-18(22)3/h4-15H,1-3H3,(H,27,29)(H,28,30)/b26-15+. The first-order valence-electron chi connectivity index (χ1n) is 9.93. The Bertz CT molecular complexity index is 1160. The Morgan fingerprint density at radius 2 is 1.50 bits per heavy atom. The molecule has 0 unspecified atom stereocenters. The fourth-order valence-electron chi connectivity index (χ4n) is 2.91. The topological polar surface area (TPSA) is 96.9 Å². The van der Waals surface area contributed by atoms with Gasteiger partial charge in [-0.25, -0.2) is 10.2 Å². The molecule has 3 aromatic carbocycles. The van der Waals surface area contributed by atoms with Crippen LogP contribution in [0, 0.1) is 20.8 Å². The summed E-state index contributed by atoms with van der Waals surface area (Å²) in [5.41, 5.74) is 6.56. The Balaban J connectivity index is 1.58. The van der Waals surface area contributed by atoms with Crippen molar-refractivity contribution in [2.24, 2.45) is 5.10 Å². The Kier molecular flexibility index (Phi) is 7.13. The maximum atomic E-state index is 12.3. The lowest BCUT2D eigenvalue weighted by Crippen LogP contribution is -2.32. The van der Waals surface area contributed by atoms with Crippen molar-refractivity contribution in [2.45, 2.75) is 20.8 Å². The quantitative estimate of drug-likeness (QED) is 0.211. The second-order valence-electron chi connectivity index (χ2n) is 7.25. The highest BCUT2D eigenvalue weighted by atomic mass is 16.5. The summed E-state index contributed by atoms with van der Waals surface area (Å²) in [5, 5.41) is 6.41. The van der Waals surface area contributed by atoms with Crippen LogP contribution in [0.25, 0.3) is 0 Å². The molecule has 32 heavy (non-hydrogen) atoms. The zero-order valence-corrected chi connectivity index (χ0v) is 18.0. The molecule has 0 saturated carbocycles. The van der Waals surface area contributed by atoms with Gasteiger partial charge in [0.05, 0.1) is 11.8 Å². The molecule has 0 bridgehead atoms. The number of nitrogens with zero attached hydrogens (tertiary/aromatic N) is 1. The SMILES string of the molecule is Cc1ccc(C(=O)Oc2cccc(/C=N/NC(=O)C(=O)Nc3c(C)cccc3C)c2)cc1. The second kappa shape index (κ2) is 10.2. The van der Waals surface area contributed by atoms with E-state index in [0.29, 0.717) is 22.6 Å². The highest BCUT2D eigenvalue weighted by molar-refractivity contribution is 6.39. The molecule has 2 amide bonds. The fourth-order valence-corrected chi connectivity index (χ4v) is 2.91. The van der Waals surface area contributed by atoms with E-state index in [4.69, 9.17) is 4.74 Å². The van der Waals surface area contributed by atoms with Gasteiger partial charge in [0, 0.05) is 5.69 Å². The summed E-state index contributed by atoms with van der Waals surface area (Å²) in [7, 11) is 0. The van der Waals surface area contributed by atoms with Crippen LogP contribution in [0.15, 0.2) is 71.8 Å². The maximum Gasteiger partial charge on any atom is 0.343 e. The average Bonchev–Trinajstić information content (AvgIpc) is 2.77. The van der Waals surface area contributed by atoms with E-state index < -0.39 is 17.8 Å². The van der Waals surface area contributed by atoms with E-state index in [9.17, 15) is 14.4 Å². The summed E-state index contributed by atoms with van der Waals surface area (Å²) >= 11 is 0. The monoisotopic (exact) mass is 429 g/mol. The molecular weight excluding hydrogens is 406 g/mol. The number of ether oxygens (including phenoxy) is 1. The number of para-hydroxylation sites is 1. The molecule has 162 valence electrons. The first-order valence-corrected chi connectivity index (χ1v) is 9.93. The van der Waals surface area contributed by atoms with E-state index in [-0.39, 0.29) is 0 Å². The van der Waals surface area contributed by atoms with Crippen LogP contribution >= 0.6 is 0 Å². The number of hydrazone groups is 1. The van der Waals surface area contributed by atoms with Crippen molar-refractivity contribution in [2.75, 3.05) is 5.32 Å². The van der Waals surface area contributed by atoms with Crippen molar-refractivity contribution in [1.82, 2.24) is 5.43 Å². The third-order valence-corrected chi connectivity index (χ3v) is 4.66. The van der Waals surface area contributed by atoms with E-state index in [1.807, 2.05) is 51.1 Å². The number of rotatable bonds is 5. The molecule has 7 nitrogen and oxygen atoms in total. The van der Waals surface area contributed by atoms with Crippen molar-refractivity contribution < 1.29 is 19.1 Å². The van der Waals surface area contributed by atoms with Crippen molar-refractivity contribution in [3.05, 3.63) is 94.5 Å². The number of aryl methyl sites for hydroxylation is 3. The van der Waals surface area contributed by atoms with Crippen LogP contribution in [-0.2, 0) is 9.59 Å². The summed E-state index contributed by atoms with van der Waals surface area (Å²) in [4.78, 5) is 36.4. The van der Waals surface area contributed by atoms with Gasteiger partial charge in [-0.15, -0.1) is 0 Å². The van der Waals surface area contributed by atoms with E-state index in [1.165, 1.54) is 6.21 Å². The Labute approximate surface area is 186 Å². The fraction of sp³-hybridized carbons (Fsp3) is 0.120. The highest BCUT2D eigenvalue weighted by Crippen LogP contribution is 2.19. The molecule has 0 radical (unpaired) electrons. The number of hydrogen-bond acceptors (Lipinski definition) is 5. The van der Waals surface area contributed by atoms with Gasteiger partial charge in [0.1, 0.15) is 5.75 Å². The van der Waals surface area contributed by atoms with Gasteiger partial charge in [0.2, 0.25) is 0 Å². The minimum absolute atomic E-state index is 0.332. The summed E-state index contributed by atoms with van der Waals surface area (Å²) in [6.45, 7) is 5.62. The zero-order valence-electron chi connectivity index (χ0n) is 18.0. The minimum atomic E-state index is -0.897. The molecule has 2 N–H and O–H groups in total. The lowest BCUT2D eigenvalue weighted by molar-refractivity contribution is -0.136. The number of carbonyl (C=O) groups excluding carboxylic acids is 3. The Hall–Kier alpha value is -4.26. The van der Waals surface area contributed by atoms with Gasteiger partial charge in [0.25, 0.3) is 0 Å². The first kappa shape index (κ1) is 22.4. The molecule has 0 aliphatic rings. The number of benzene rings is 3. The third kappa shape index (κ3) is 5.89. The van der Waals surface area contributed by atoms with E-state index in [1.54, 1.807) is 36.4 Å². The molecule has 0 aliphatic carbocycles. The van der Waals surface area contributed by atoms with Gasteiger partial charge in [0.15, 0.2) is 0 Å². The Morgan fingerprint density at radius 3 is 2.19 bits per heavy atom. The molecule has 3 rings (SSSR count). The average molecular weight is 429 g/mol. The molecule has 0 atom stereocenters. The van der Waals surface area contributed by atoms with Crippen LogP contribution in [0.2, 0.25) is 0 Å². The zero-order chi connectivity index (χ0) is 23.1. The van der Waals surface area contributed by atoms with Crippen molar-refractivity contribution in [1.29, 1.82) is 0 Å². The number of hydrogen-bond donors (Lipinski definition) is 2. The van der Waals surface area contributed by atoms with Crippen LogP contribution in [0.3, 0.4) is 0 Å². The number of anilines is 1. The number of esters is 1. The van der Waals surface area contributed by atoms with Gasteiger partial charge in [-0.2, -0.15) is 5.10 Å². The van der Waals surface area contributed by atoms with E-state index in [0.717, 1.165) is 16.7 Å². The second-order valence-corrected chi connectivity index (χ2v) is 7.25. The summed E-state index contributed by atoms with van der Waals surface area (Å²) in [5.74, 6) is -1.86. The van der Waals surface area contributed by atoms with Crippen LogP contribution < -0.4 is 15.5 Å². The van der Waals surface area contributed by atoms with Gasteiger partial charge in [-0.3, -0.25) is 9.59 Å². The van der Waals surface area contributed by atoms with Gasteiger partial charge in [-0.1, -0.05) is 48.0 Å². The van der Waals surface area contributed by atoms with Crippen LogP contribution in [0.5, 0.6) is 5.75 Å². The van der Waals surface area contributed by atoms with Gasteiger partial charge in [-0.05, 0) is 61.7 Å². The van der Waals surface area contributed by atoms with Crippen LogP contribution in [-0.4, -0.2) is 24.0 Å². The number of carbonyl (C=O) groups is 3. The van der Waals surface area contributed by atoms with E-state index in [2.05, 4.69) is 15.8 Å². The molecule has 0 aliphatic heterocycles. The van der Waals surface area contributed by atoms with Gasteiger partial charge >= 0.3 is 17.8 Å². The summed E-state index contributed by atoms with van der Waals surface area (Å²) < 4.78 is 5.38. The molecule has 0 fully saturated rings. The molecule has 3 aromatic rings. The lowest BCUT2D eigenvalue weighted by atomic mass is 10.1. The number of nitrogens with one attached hydrogen (secondary N) is 2. The Morgan fingerprint density at radius 1 is 0.844 bits per heavy atom. The van der Waals surface area contributed by atoms with Crippen molar-refractivity contribution in [3.8, 4) is 5.75 Å². The smallest absolute Gasteiger partial charge is 0.343 e. The molecule has 0 heterocycles. The van der Waals surface area contributed by atoms with Crippen LogP contribution in [0.4, 0.5) is 5.69 Å². The molecule has 0 spiro atoms. The lowest BCUT2D eigenvalue weighted by Gasteiger charge is -2.10. The highest BCUT2D eigenvalue weighted by Gasteiger charge is 2.15. The first-order chi connectivity index (χ1) is 15.3. The van der Waals surface area contributed by atoms with Gasteiger partial charge < -0.3 is 10.1 Å². The van der Waals surface area contributed by atoms with E-state index >= 15 is 0 Å². The van der Waals surface area contributed by atoms with Crippen molar-refractivity contribution in [3.63, 3.8) is 0 Å². The third-order valence-electron chi connectivity index (χ3n) is 4.66. The normalized spacial score (nSPS) is 10.6. The van der Waals surface area contributed by atoms with Crippen molar-refractivity contribution >= 4 is 29.7 Å². The molecular formula is C25H23N3O4. The molecule has 7 heteroatoms. The molecule has 0 saturated heterocycles. The summed E-state index contributed by atoms with van der Waals surface area (Å²) in [6.07, 6.45) is 1.35. The predicted octanol–water partition coefficient (Wildman–Crippen LogP) is 3.92. The van der Waals surface area contributed by atoms with Crippen LogP contribution in [0.1, 0.15) is 32.6 Å². The largest absolute Gasteiger partial charge is 0.423 e. The molecule has 0 aromatic heterocycles. The predicted molar refractivity (Wildman–Crippen MR) is 123 cm³/mol. The number of amides is 2. The minimum Gasteiger partial charge on any atom is -0.423 e.